The zero-order valence-corrected chi connectivity index (χ0v) is 18.6. The average Bonchev–Trinajstić information content (AvgIpc) is 3.49. The van der Waals surface area contributed by atoms with Gasteiger partial charge in [-0.05, 0) is 54.7 Å². The van der Waals surface area contributed by atoms with Gasteiger partial charge in [-0.3, -0.25) is 9.59 Å². The van der Waals surface area contributed by atoms with Crippen molar-refractivity contribution in [3.05, 3.63) is 59.7 Å². The SMILES string of the molecule is COc1ccc2cc1Oc1cc(ccc1O)CCC(=O)N[C@@H]1CN(C(=O)C3CC=CC3)C[C@@H]21. The van der Waals surface area contributed by atoms with E-state index in [2.05, 4.69) is 17.5 Å². The summed E-state index contributed by atoms with van der Waals surface area (Å²) in [7, 11) is 1.57. The number of ether oxygens (including phenoxy) is 2. The van der Waals surface area contributed by atoms with Crippen molar-refractivity contribution in [1.29, 1.82) is 0 Å². The van der Waals surface area contributed by atoms with Gasteiger partial charge in [0.05, 0.1) is 13.2 Å². The highest BCUT2D eigenvalue weighted by Crippen LogP contribution is 2.40. The molecule has 0 unspecified atom stereocenters. The van der Waals surface area contributed by atoms with Crippen LogP contribution in [-0.4, -0.2) is 48.1 Å². The second kappa shape index (κ2) is 8.81. The summed E-state index contributed by atoms with van der Waals surface area (Å²) in [6.07, 6.45) is 6.51. The van der Waals surface area contributed by atoms with Gasteiger partial charge in [0.1, 0.15) is 0 Å². The van der Waals surface area contributed by atoms with E-state index in [4.69, 9.17) is 9.47 Å². The highest BCUT2D eigenvalue weighted by molar-refractivity contribution is 5.81. The first-order valence-corrected chi connectivity index (χ1v) is 11.4. The number of likely N-dealkylation sites (tertiary alicyclic amines) is 1. The summed E-state index contributed by atoms with van der Waals surface area (Å²) in [5.74, 6) is 1.38. The molecule has 2 aromatic rings. The largest absolute Gasteiger partial charge is 0.504 e. The third kappa shape index (κ3) is 4.27. The van der Waals surface area contributed by atoms with Gasteiger partial charge in [-0.15, -0.1) is 0 Å². The van der Waals surface area contributed by atoms with Gasteiger partial charge in [-0.1, -0.05) is 24.3 Å². The van der Waals surface area contributed by atoms with Crippen LogP contribution in [0, 0.1) is 5.92 Å². The highest BCUT2D eigenvalue weighted by atomic mass is 16.5. The van der Waals surface area contributed by atoms with Crippen LogP contribution in [0.2, 0.25) is 0 Å². The molecule has 7 heteroatoms. The van der Waals surface area contributed by atoms with Crippen LogP contribution in [-0.2, 0) is 16.0 Å². The molecular weight excluding hydrogens is 420 g/mol. The van der Waals surface area contributed by atoms with Gasteiger partial charge in [0.25, 0.3) is 0 Å². The molecule has 1 aliphatic carbocycles. The predicted octanol–water partition coefficient (Wildman–Crippen LogP) is 3.52. The molecule has 2 N–H and O–H groups in total. The molecule has 0 spiro atoms. The Hall–Kier alpha value is -3.48. The first kappa shape index (κ1) is 21.4. The van der Waals surface area contributed by atoms with Crippen LogP contribution in [0.25, 0.3) is 0 Å². The molecule has 2 aromatic carbocycles. The number of fused-ring (bicyclic) bond motifs is 6. The molecule has 3 aliphatic rings. The number of aryl methyl sites for hydroxylation is 1. The summed E-state index contributed by atoms with van der Waals surface area (Å²) < 4.78 is 11.6. The van der Waals surface area contributed by atoms with Gasteiger partial charge in [0, 0.05) is 31.3 Å². The van der Waals surface area contributed by atoms with Gasteiger partial charge in [0.15, 0.2) is 23.0 Å². The molecule has 5 rings (SSSR count). The van der Waals surface area contributed by atoms with E-state index in [1.807, 2.05) is 23.1 Å². The van der Waals surface area contributed by atoms with Gasteiger partial charge < -0.3 is 24.8 Å². The third-order valence-corrected chi connectivity index (χ3v) is 6.84. The van der Waals surface area contributed by atoms with E-state index in [1.165, 1.54) is 0 Å². The third-order valence-electron chi connectivity index (χ3n) is 6.84. The monoisotopic (exact) mass is 448 g/mol. The minimum absolute atomic E-state index is 0.00605. The Kier molecular flexibility index (Phi) is 5.70. The molecule has 0 aromatic heterocycles. The van der Waals surface area contributed by atoms with Crippen molar-refractivity contribution < 1.29 is 24.2 Å². The van der Waals surface area contributed by atoms with Crippen LogP contribution in [0.4, 0.5) is 0 Å². The number of allylic oxidation sites excluding steroid dienone is 2. The number of amides is 2. The van der Waals surface area contributed by atoms with Crippen LogP contribution in [0.3, 0.4) is 0 Å². The summed E-state index contributed by atoms with van der Waals surface area (Å²) in [4.78, 5) is 27.8. The van der Waals surface area contributed by atoms with Crippen LogP contribution in [0.5, 0.6) is 23.0 Å². The lowest BCUT2D eigenvalue weighted by molar-refractivity contribution is -0.134. The first-order chi connectivity index (χ1) is 16.0. The second-order valence-electron chi connectivity index (χ2n) is 8.98. The van der Waals surface area contributed by atoms with Crippen molar-refractivity contribution in [2.75, 3.05) is 20.2 Å². The lowest BCUT2D eigenvalue weighted by Crippen LogP contribution is -2.41. The Morgan fingerprint density at radius 1 is 1.09 bits per heavy atom. The average molecular weight is 449 g/mol. The van der Waals surface area contributed by atoms with E-state index in [9.17, 15) is 14.7 Å². The van der Waals surface area contributed by atoms with Crippen LogP contribution in [0.1, 0.15) is 36.3 Å². The van der Waals surface area contributed by atoms with E-state index in [0.29, 0.717) is 43.2 Å². The molecule has 2 heterocycles. The molecule has 1 fully saturated rings. The quantitative estimate of drug-likeness (QED) is 0.687. The van der Waals surface area contributed by atoms with Crippen molar-refractivity contribution in [1.82, 2.24) is 10.2 Å². The molecule has 0 radical (unpaired) electrons. The van der Waals surface area contributed by atoms with E-state index < -0.39 is 0 Å². The van der Waals surface area contributed by atoms with Crippen molar-refractivity contribution >= 4 is 11.8 Å². The molecule has 33 heavy (non-hydrogen) atoms. The van der Waals surface area contributed by atoms with Gasteiger partial charge in [0.2, 0.25) is 11.8 Å². The Labute approximate surface area is 193 Å². The van der Waals surface area contributed by atoms with Crippen molar-refractivity contribution in [2.24, 2.45) is 5.92 Å². The smallest absolute Gasteiger partial charge is 0.226 e. The van der Waals surface area contributed by atoms with Gasteiger partial charge in [-0.25, -0.2) is 0 Å². The second-order valence-corrected chi connectivity index (χ2v) is 8.98. The Morgan fingerprint density at radius 2 is 1.91 bits per heavy atom. The van der Waals surface area contributed by atoms with Crippen molar-refractivity contribution in [3.8, 4) is 23.0 Å². The zero-order valence-electron chi connectivity index (χ0n) is 18.6. The number of hydrogen-bond donors (Lipinski definition) is 2. The van der Waals surface area contributed by atoms with Gasteiger partial charge >= 0.3 is 0 Å². The lowest BCUT2D eigenvalue weighted by atomic mass is 9.93. The fourth-order valence-corrected chi connectivity index (χ4v) is 5.00. The molecule has 4 bridgehead atoms. The molecule has 0 saturated carbocycles. The van der Waals surface area contributed by atoms with E-state index in [0.717, 1.165) is 24.0 Å². The first-order valence-electron chi connectivity index (χ1n) is 11.4. The standard InChI is InChI=1S/C26H28N2O5/c1-32-22-10-8-18-13-24(22)33-23-12-16(6-9-21(23)29)7-11-25(30)27-20-15-28(14-19(18)20)26(31)17-4-2-3-5-17/h2-3,6,8-10,12-13,17,19-20,29H,4-5,7,11,14-15H2,1H3,(H,27,30)/t19-,20+/m0/s1. The van der Waals surface area contributed by atoms with Crippen LogP contribution >= 0.6 is 0 Å². The van der Waals surface area contributed by atoms with E-state index in [-0.39, 0.29) is 35.4 Å². The summed E-state index contributed by atoms with van der Waals surface area (Å²) in [6.45, 7) is 1.02. The van der Waals surface area contributed by atoms with Gasteiger partial charge in [-0.2, -0.15) is 0 Å². The fourth-order valence-electron chi connectivity index (χ4n) is 5.00. The number of nitrogens with zero attached hydrogens (tertiary/aromatic N) is 1. The number of benzene rings is 2. The normalized spacial score (nSPS) is 22.5. The number of carbonyl (C=O) groups excluding carboxylic acids is 2. The molecular formula is C26H28N2O5. The highest BCUT2D eigenvalue weighted by Gasteiger charge is 2.39. The van der Waals surface area contributed by atoms with E-state index >= 15 is 0 Å². The number of carbonyl (C=O) groups is 2. The topological polar surface area (TPSA) is 88.1 Å². The van der Waals surface area contributed by atoms with Crippen LogP contribution in [0.15, 0.2) is 48.6 Å². The van der Waals surface area contributed by atoms with Crippen LogP contribution < -0.4 is 14.8 Å². The Balaban J connectivity index is 1.51. The molecule has 1 saturated heterocycles. The molecule has 7 nitrogen and oxygen atoms in total. The number of nitrogens with one attached hydrogen (secondary N) is 1. The lowest BCUT2D eigenvalue weighted by Gasteiger charge is -2.21. The van der Waals surface area contributed by atoms with Crippen molar-refractivity contribution in [2.45, 2.75) is 37.6 Å². The summed E-state index contributed by atoms with van der Waals surface area (Å²) in [5, 5.41) is 13.5. The minimum Gasteiger partial charge on any atom is -0.504 e. The van der Waals surface area contributed by atoms with Crippen molar-refractivity contribution in [3.63, 3.8) is 0 Å². The maximum atomic E-state index is 13.1. The molecule has 2 atom stereocenters. The number of rotatable bonds is 2. The maximum Gasteiger partial charge on any atom is 0.226 e. The zero-order chi connectivity index (χ0) is 22.9. The number of aromatic hydroxyl groups is 1. The summed E-state index contributed by atoms with van der Waals surface area (Å²) in [5.41, 5.74) is 1.84. The Morgan fingerprint density at radius 3 is 2.70 bits per heavy atom. The maximum absolute atomic E-state index is 13.1. The van der Waals surface area contributed by atoms with E-state index in [1.54, 1.807) is 25.3 Å². The number of methoxy groups -OCH3 is 1. The molecule has 172 valence electrons. The summed E-state index contributed by atoms with van der Waals surface area (Å²) in [6, 6.07) is 10.6. The Bertz CT molecular complexity index is 1100. The minimum atomic E-state index is -0.186. The number of hydrogen-bond acceptors (Lipinski definition) is 5. The number of phenolic OH excluding ortho intramolecular Hbond substituents is 1. The number of phenols is 1. The fraction of sp³-hybridized carbons (Fsp3) is 0.385. The molecule has 2 amide bonds. The predicted molar refractivity (Wildman–Crippen MR) is 123 cm³/mol. The molecule has 2 aliphatic heterocycles. The summed E-state index contributed by atoms with van der Waals surface area (Å²) >= 11 is 0.